The number of benzene rings is 2. The van der Waals surface area contributed by atoms with Crippen LogP contribution in [-0.4, -0.2) is 10.7 Å². The molecule has 180 valence electrons. The van der Waals surface area contributed by atoms with E-state index in [9.17, 15) is 20.2 Å². The number of nitro groups is 1. The van der Waals surface area contributed by atoms with Crippen LogP contribution in [0.5, 0.6) is 0 Å². The van der Waals surface area contributed by atoms with Crippen LogP contribution in [0.3, 0.4) is 0 Å². The first kappa shape index (κ1) is 23.5. The van der Waals surface area contributed by atoms with E-state index in [1.807, 2.05) is 50.2 Å². The molecule has 36 heavy (non-hydrogen) atoms. The quantitative estimate of drug-likeness (QED) is 0.352. The Hall–Kier alpha value is -4.22. The Morgan fingerprint density at radius 1 is 1.11 bits per heavy atom. The lowest BCUT2D eigenvalue weighted by atomic mass is 9.72. The van der Waals surface area contributed by atoms with Crippen molar-refractivity contribution >= 4 is 28.5 Å². The Balaban J connectivity index is 1.73. The molecule has 2 N–H and O–H groups in total. The zero-order chi connectivity index (χ0) is 25.6. The Kier molecular flexibility index (Phi) is 5.94. The average molecular weight is 497 g/mol. The molecule has 7 nitrogen and oxygen atoms in total. The van der Waals surface area contributed by atoms with E-state index in [4.69, 9.17) is 5.73 Å². The molecule has 2 aliphatic rings. The number of anilines is 1. The van der Waals surface area contributed by atoms with E-state index in [0.717, 1.165) is 26.6 Å². The minimum atomic E-state index is -0.534. The van der Waals surface area contributed by atoms with Gasteiger partial charge in [0.1, 0.15) is 5.82 Å². The highest BCUT2D eigenvalue weighted by molar-refractivity contribution is 7.12. The Morgan fingerprint density at radius 2 is 1.81 bits per heavy atom. The number of hydrogen-bond donors (Lipinski definition) is 1. The number of thiophene rings is 1. The summed E-state index contributed by atoms with van der Waals surface area (Å²) in [7, 11) is 0. The number of nitrogens with two attached hydrogens (primary N) is 1. The van der Waals surface area contributed by atoms with Gasteiger partial charge in [-0.3, -0.25) is 19.8 Å². The summed E-state index contributed by atoms with van der Waals surface area (Å²) < 4.78 is 0. The molecule has 0 saturated heterocycles. The minimum absolute atomic E-state index is 0.00878. The highest BCUT2D eigenvalue weighted by Gasteiger charge is 2.43. The zero-order valence-corrected chi connectivity index (χ0v) is 20.7. The summed E-state index contributed by atoms with van der Waals surface area (Å²) in [5, 5.41) is 21.5. The number of nitro benzene ring substituents is 1. The number of carbonyl (C=O) groups is 1. The van der Waals surface area contributed by atoms with Crippen molar-refractivity contribution in [3.63, 3.8) is 0 Å². The number of allylic oxidation sites excluding steroid dienone is 3. The van der Waals surface area contributed by atoms with Crippen molar-refractivity contribution in [2.45, 2.75) is 38.5 Å². The molecular weight excluding hydrogens is 472 g/mol. The number of nitriles is 1. The summed E-state index contributed by atoms with van der Waals surface area (Å²) in [5.41, 5.74) is 10.9. The van der Waals surface area contributed by atoms with E-state index in [1.165, 1.54) is 12.1 Å². The molecule has 0 bridgehead atoms. The molecule has 0 amide bonds. The number of aryl methyl sites for hydroxylation is 2. The minimum Gasteiger partial charge on any atom is -0.384 e. The lowest BCUT2D eigenvalue weighted by Gasteiger charge is -2.41. The van der Waals surface area contributed by atoms with Gasteiger partial charge in [0.2, 0.25) is 0 Å². The molecule has 2 aromatic carbocycles. The van der Waals surface area contributed by atoms with Gasteiger partial charge in [0.25, 0.3) is 5.69 Å². The first-order chi connectivity index (χ1) is 17.3. The molecule has 3 aromatic rings. The number of hydrogen-bond acceptors (Lipinski definition) is 7. The second kappa shape index (κ2) is 9.10. The fourth-order valence-corrected chi connectivity index (χ4v) is 6.32. The molecule has 1 aliphatic heterocycles. The lowest BCUT2D eigenvalue weighted by molar-refractivity contribution is -0.384. The molecule has 2 atom stereocenters. The molecule has 0 radical (unpaired) electrons. The summed E-state index contributed by atoms with van der Waals surface area (Å²) in [5.74, 6) is -0.334. The Bertz CT molecular complexity index is 1480. The smallest absolute Gasteiger partial charge is 0.269 e. The monoisotopic (exact) mass is 496 g/mol. The standard InChI is InChI=1S/C28H24N4O3S/c1-16-12-22(17(2)36-16)26-23(15-29)28(30)31(20-8-10-21(11-9-20)32(34)35)24-13-19(14-25(33)27(24)26)18-6-4-3-5-7-18/h3-12,19,26H,13-14,30H2,1-2H3/t19-,26+/m1/s1. The van der Waals surface area contributed by atoms with Crippen molar-refractivity contribution in [2.75, 3.05) is 4.90 Å². The molecule has 0 saturated carbocycles. The normalized spacial score (nSPS) is 19.8. The van der Waals surface area contributed by atoms with Crippen molar-refractivity contribution < 1.29 is 9.72 Å². The highest BCUT2D eigenvalue weighted by Crippen LogP contribution is 2.50. The number of carbonyl (C=O) groups excluding carboxylic acids is 1. The van der Waals surface area contributed by atoms with Crippen molar-refractivity contribution in [3.8, 4) is 6.07 Å². The molecular formula is C28H24N4O3S. The summed E-state index contributed by atoms with van der Waals surface area (Å²) >= 11 is 1.63. The van der Waals surface area contributed by atoms with Crippen LogP contribution in [0, 0.1) is 35.3 Å². The zero-order valence-electron chi connectivity index (χ0n) is 19.9. The van der Waals surface area contributed by atoms with Crippen LogP contribution in [0.2, 0.25) is 0 Å². The van der Waals surface area contributed by atoms with Gasteiger partial charge in [-0.15, -0.1) is 11.3 Å². The molecule has 1 aromatic heterocycles. The second-order valence-corrected chi connectivity index (χ2v) is 10.6. The number of rotatable bonds is 4. The second-order valence-electron chi connectivity index (χ2n) is 9.12. The van der Waals surface area contributed by atoms with Crippen LogP contribution in [0.25, 0.3) is 0 Å². The summed E-state index contributed by atoms with van der Waals surface area (Å²) in [6, 6.07) is 20.3. The van der Waals surface area contributed by atoms with Crippen LogP contribution in [-0.2, 0) is 4.79 Å². The third-order valence-electron chi connectivity index (χ3n) is 6.95. The number of Topliss-reactive ketones (excluding diaryl/α,β-unsaturated/α-hetero) is 1. The number of ketones is 1. The largest absolute Gasteiger partial charge is 0.384 e. The van der Waals surface area contributed by atoms with Crippen LogP contribution in [0.15, 0.2) is 83.3 Å². The molecule has 2 heterocycles. The van der Waals surface area contributed by atoms with Gasteiger partial charge in [0.15, 0.2) is 5.78 Å². The molecule has 0 unspecified atom stereocenters. The van der Waals surface area contributed by atoms with E-state index < -0.39 is 10.8 Å². The predicted molar refractivity (Wildman–Crippen MR) is 139 cm³/mol. The SMILES string of the molecule is Cc1cc([C@H]2C(C#N)=C(N)N(c3ccc([N+](=O)[O-])cc3)C3=C2C(=O)C[C@H](c2ccccc2)C3)c(C)s1. The molecule has 1 aliphatic carbocycles. The van der Waals surface area contributed by atoms with Crippen LogP contribution < -0.4 is 10.6 Å². The van der Waals surface area contributed by atoms with Gasteiger partial charge >= 0.3 is 0 Å². The fourth-order valence-electron chi connectivity index (χ4n) is 5.36. The summed E-state index contributed by atoms with van der Waals surface area (Å²) in [6.07, 6.45) is 0.897. The maximum absolute atomic E-state index is 13.9. The maximum atomic E-state index is 13.9. The van der Waals surface area contributed by atoms with Gasteiger partial charge < -0.3 is 5.73 Å². The molecule has 0 spiro atoms. The third kappa shape index (κ3) is 3.88. The first-order valence-electron chi connectivity index (χ1n) is 11.6. The topological polar surface area (TPSA) is 113 Å². The van der Waals surface area contributed by atoms with E-state index >= 15 is 0 Å². The number of nitrogens with zero attached hydrogens (tertiary/aromatic N) is 3. The molecule has 0 fully saturated rings. The average Bonchev–Trinajstić information content (AvgIpc) is 3.21. The van der Waals surface area contributed by atoms with Gasteiger partial charge in [-0.05, 0) is 55.5 Å². The molecule has 8 heteroatoms. The maximum Gasteiger partial charge on any atom is 0.269 e. The van der Waals surface area contributed by atoms with Gasteiger partial charge in [-0.25, -0.2) is 0 Å². The van der Waals surface area contributed by atoms with Crippen molar-refractivity contribution in [1.82, 2.24) is 0 Å². The fraction of sp³-hybridized carbons (Fsp3) is 0.214. The van der Waals surface area contributed by atoms with Gasteiger partial charge in [-0.2, -0.15) is 5.26 Å². The van der Waals surface area contributed by atoms with E-state index in [-0.39, 0.29) is 23.2 Å². The van der Waals surface area contributed by atoms with Crippen LogP contribution in [0.4, 0.5) is 11.4 Å². The summed E-state index contributed by atoms with van der Waals surface area (Å²) in [4.78, 5) is 28.5. The van der Waals surface area contributed by atoms with Crippen LogP contribution in [0.1, 0.15) is 45.6 Å². The summed E-state index contributed by atoms with van der Waals surface area (Å²) in [6.45, 7) is 4.01. The van der Waals surface area contributed by atoms with Crippen LogP contribution >= 0.6 is 11.3 Å². The van der Waals surface area contributed by atoms with E-state index in [1.54, 1.807) is 28.4 Å². The molecule has 5 rings (SSSR count). The third-order valence-corrected chi connectivity index (χ3v) is 7.93. The van der Waals surface area contributed by atoms with E-state index in [0.29, 0.717) is 29.7 Å². The Morgan fingerprint density at radius 3 is 2.39 bits per heavy atom. The first-order valence-corrected chi connectivity index (χ1v) is 12.4. The van der Waals surface area contributed by atoms with Gasteiger partial charge in [0.05, 0.1) is 22.5 Å². The number of non-ortho nitro benzene ring substituents is 1. The van der Waals surface area contributed by atoms with Gasteiger partial charge in [-0.1, -0.05) is 30.3 Å². The predicted octanol–water partition coefficient (Wildman–Crippen LogP) is 5.97. The van der Waals surface area contributed by atoms with Gasteiger partial charge in [0, 0.05) is 45.3 Å². The van der Waals surface area contributed by atoms with E-state index in [2.05, 4.69) is 6.07 Å². The van der Waals surface area contributed by atoms with Crippen molar-refractivity contribution in [3.05, 3.63) is 114 Å². The highest BCUT2D eigenvalue weighted by atomic mass is 32.1. The Labute approximate surface area is 212 Å². The van der Waals surface area contributed by atoms with Crippen molar-refractivity contribution in [1.29, 1.82) is 5.26 Å². The van der Waals surface area contributed by atoms with Crippen molar-refractivity contribution in [2.24, 2.45) is 5.73 Å². The lowest BCUT2D eigenvalue weighted by Crippen LogP contribution is -2.40.